The molecule has 0 spiro atoms. The fourth-order valence-corrected chi connectivity index (χ4v) is 3.00. The molecule has 2 aromatic heterocycles. The van der Waals surface area contributed by atoms with E-state index in [1.54, 1.807) is 4.57 Å². The first-order chi connectivity index (χ1) is 12.9. The average Bonchev–Trinajstić information content (AvgIpc) is 2.97. The summed E-state index contributed by atoms with van der Waals surface area (Å²) in [5.41, 5.74) is 9.63. The molecule has 8 nitrogen and oxygen atoms in total. The molecule has 0 bridgehead atoms. The van der Waals surface area contributed by atoms with Gasteiger partial charge < -0.3 is 21.4 Å². The minimum Gasteiger partial charge on any atom is -0.370 e. The average molecular weight is 367 g/mol. The number of benzene rings is 1. The Morgan fingerprint density at radius 3 is 2.85 bits per heavy atom. The molecule has 0 aliphatic carbocycles. The van der Waals surface area contributed by atoms with Crippen LogP contribution in [-0.2, 0) is 6.54 Å². The van der Waals surface area contributed by atoms with E-state index in [0.29, 0.717) is 12.2 Å². The molecule has 3 aromatic rings. The Balaban J connectivity index is 1.68. The van der Waals surface area contributed by atoms with Crippen molar-refractivity contribution in [1.29, 1.82) is 5.41 Å². The number of aryl methyl sites for hydroxylation is 2. The van der Waals surface area contributed by atoms with Crippen LogP contribution in [0.1, 0.15) is 23.2 Å². The summed E-state index contributed by atoms with van der Waals surface area (Å²) >= 11 is 0. The van der Waals surface area contributed by atoms with E-state index in [-0.39, 0.29) is 11.6 Å². The number of nitrogens with two attached hydrogens (primary N) is 1. The molecule has 142 valence electrons. The van der Waals surface area contributed by atoms with Crippen molar-refractivity contribution >= 4 is 17.0 Å². The molecular weight excluding hydrogens is 342 g/mol. The zero-order chi connectivity index (χ0) is 19.4. The molecule has 8 heteroatoms. The largest absolute Gasteiger partial charge is 0.370 e. The number of nitrogens with one attached hydrogen (secondary N) is 4. The molecule has 27 heavy (non-hydrogen) atoms. The van der Waals surface area contributed by atoms with Gasteiger partial charge in [-0.15, -0.1) is 0 Å². The number of fused-ring (bicyclic) bond motifs is 1. The summed E-state index contributed by atoms with van der Waals surface area (Å²) in [6, 6.07) is 7.95. The summed E-state index contributed by atoms with van der Waals surface area (Å²) in [4.78, 5) is 19.6. The predicted molar refractivity (Wildman–Crippen MR) is 107 cm³/mol. The maximum absolute atomic E-state index is 12.3. The predicted octanol–water partition coefficient (Wildman–Crippen LogP) is 1.29. The lowest BCUT2D eigenvalue weighted by Gasteiger charge is -2.11. The SMILES string of the molecule is Cc1cc2cn(-c3ccc(CNCCCNC(=N)N)c(C)c3)c(=O)nc2[nH]1. The van der Waals surface area contributed by atoms with Crippen LogP contribution in [-0.4, -0.2) is 33.6 Å². The number of guanidine groups is 1. The summed E-state index contributed by atoms with van der Waals surface area (Å²) in [6.45, 7) is 6.23. The van der Waals surface area contributed by atoms with Gasteiger partial charge in [0.1, 0.15) is 5.65 Å². The van der Waals surface area contributed by atoms with Gasteiger partial charge in [-0.1, -0.05) is 6.07 Å². The van der Waals surface area contributed by atoms with E-state index in [1.807, 2.05) is 44.3 Å². The highest BCUT2D eigenvalue weighted by molar-refractivity contribution is 5.75. The summed E-state index contributed by atoms with van der Waals surface area (Å²) in [7, 11) is 0. The maximum atomic E-state index is 12.3. The lowest BCUT2D eigenvalue weighted by atomic mass is 10.1. The molecule has 0 amide bonds. The lowest BCUT2D eigenvalue weighted by Crippen LogP contribution is -2.32. The summed E-state index contributed by atoms with van der Waals surface area (Å²) in [5, 5.41) is 14.2. The third kappa shape index (κ3) is 4.53. The quantitative estimate of drug-likeness (QED) is 0.244. The number of aromatic nitrogens is 3. The smallest absolute Gasteiger partial charge is 0.354 e. The van der Waals surface area contributed by atoms with Gasteiger partial charge in [0.15, 0.2) is 5.96 Å². The van der Waals surface area contributed by atoms with Crippen LogP contribution in [0.3, 0.4) is 0 Å². The number of rotatable bonds is 7. The maximum Gasteiger partial charge on any atom is 0.354 e. The minimum absolute atomic E-state index is 0.000784. The summed E-state index contributed by atoms with van der Waals surface area (Å²) < 4.78 is 1.58. The van der Waals surface area contributed by atoms with Crippen molar-refractivity contribution in [2.75, 3.05) is 13.1 Å². The van der Waals surface area contributed by atoms with Crippen LogP contribution >= 0.6 is 0 Å². The van der Waals surface area contributed by atoms with Crippen LogP contribution in [0.4, 0.5) is 0 Å². The Bertz CT molecular complexity index is 1020. The second-order valence-corrected chi connectivity index (χ2v) is 6.63. The van der Waals surface area contributed by atoms with E-state index >= 15 is 0 Å². The van der Waals surface area contributed by atoms with Gasteiger partial charge in [-0.05, 0) is 56.1 Å². The van der Waals surface area contributed by atoms with Crippen LogP contribution < -0.4 is 22.1 Å². The van der Waals surface area contributed by atoms with Crippen LogP contribution in [0, 0.1) is 19.3 Å². The highest BCUT2D eigenvalue weighted by Crippen LogP contribution is 2.16. The van der Waals surface area contributed by atoms with Crippen molar-refractivity contribution in [3.8, 4) is 5.69 Å². The van der Waals surface area contributed by atoms with E-state index in [0.717, 1.165) is 41.8 Å². The monoisotopic (exact) mass is 367 g/mol. The normalized spacial score (nSPS) is 11.0. The summed E-state index contributed by atoms with van der Waals surface area (Å²) in [6.07, 6.45) is 2.71. The van der Waals surface area contributed by atoms with Crippen molar-refractivity contribution in [3.05, 3.63) is 57.8 Å². The van der Waals surface area contributed by atoms with Crippen molar-refractivity contribution in [2.45, 2.75) is 26.8 Å². The van der Waals surface area contributed by atoms with Crippen LogP contribution in [0.2, 0.25) is 0 Å². The third-order valence-corrected chi connectivity index (χ3v) is 4.41. The zero-order valence-electron chi connectivity index (χ0n) is 15.6. The van der Waals surface area contributed by atoms with Gasteiger partial charge in [0, 0.05) is 30.4 Å². The molecule has 1 aromatic carbocycles. The van der Waals surface area contributed by atoms with Crippen LogP contribution in [0.25, 0.3) is 16.7 Å². The molecule has 0 atom stereocenters. The topological polar surface area (TPSA) is 125 Å². The first kappa shape index (κ1) is 18.7. The zero-order valence-corrected chi connectivity index (χ0v) is 15.6. The molecule has 3 rings (SSSR count). The fraction of sp³-hybridized carbons (Fsp3) is 0.316. The second-order valence-electron chi connectivity index (χ2n) is 6.63. The molecule has 0 aliphatic heterocycles. The van der Waals surface area contributed by atoms with E-state index in [1.165, 1.54) is 5.56 Å². The lowest BCUT2D eigenvalue weighted by molar-refractivity contribution is 0.637. The van der Waals surface area contributed by atoms with Gasteiger partial charge in [0.2, 0.25) is 0 Å². The van der Waals surface area contributed by atoms with E-state index in [2.05, 4.69) is 20.6 Å². The van der Waals surface area contributed by atoms with E-state index in [9.17, 15) is 4.79 Å². The highest BCUT2D eigenvalue weighted by Gasteiger charge is 2.08. The highest BCUT2D eigenvalue weighted by atomic mass is 16.1. The van der Waals surface area contributed by atoms with Gasteiger partial charge in [-0.3, -0.25) is 9.98 Å². The minimum atomic E-state index is -0.299. The summed E-state index contributed by atoms with van der Waals surface area (Å²) in [5.74, 6) is -0.000784. The molecule has 0 unspecified atom stereocenters. The number of nitrogens with zero attached hydrogens (tertiary/aromatic N) is 2. The second kappa shape index (κ2) is 8.05. The standard InChI is InChI=1S/C19H25N7O/c1-12-8-16(5-4-14(12)10-22-6-3-7-23-18(20)21)26-11-15-9-13(2)24-17(15)25-19(26)27/h4-5,8-9,11,22H,3,6-7,10H2,1-2H3,(H4,20,21,23)(H,24,25,27). The van der Waals surface area contributed by atoms with Gasteiger partial charge in [0.25, 0.3) is 0 Å². The first-order valence-corrected chi connectivity index (χ1v) is 8.91. The number of hydrogen-bond acceptors (Lipinski definition) is 4. The molecule has 6 N–H and O–H groups in total. The van der Waals surface area contributed by atoms with Gasteiger partial charge in [-0.25, -0.2) is 4.79 Å². The Morgan fingerprint density at radius 2 is 2.11 bits per heavy atom. The molecule has 0 radical (unpaired) electrons. The molecule has 0 saturated heterocycles. The van der Waals surface area contributed by atoms with Crippen molar-refractivity contribution < 1.29 is 0 Å². The first-order valence-electron chi connectivity index (χ1n) is 8.91. The molecule has 0 aliphatic rings. The van der Waals surface area contributed by atoms with Gasteiger partial charge in [0.05, 0.1) is 5.69 Å². The van der Waals surface area contributed by atoms with Crippen molar-refractivity contribution in [3.63, 3.8) is 0 Å². The molecular formula is C19H25N7O. The number of aromatic amines is 1. The van der Waals surface area contributed by atoms with Crippen LogP contribution in [0.5, 0.6) is 0 Å². The molecule has 0 saturated carbocycles. The molecule has 2 heterocycles. The van der Waals surface area contributed by atoms with Crippen molar-refractivity contribution in [1.82, 2.24) is 25.2 Å². The number of hydrogen-bond donors (Lipinski definition) is 5. The van der Waals surface area contributed by atoms with Crippen LogP contribution in [0.15, 0.2) is 35.3 Å². The third-order valence-electron chi connectivity index (χ3n) is 4.41. The van der Waals surface area contributed by atoms with E-state index < -0.39 is 0 Å². The Kier molecular flexibility index (Phi) is 5.56. The van der Waals surface area contributed by atoms with Gasteiger partial charge in [-0.2, -0.15) is 4.98 Å². The molecule has 0 fully saturated rings. The van der Waals surface area contributed by atoms with Gasteiger partial charge >= 0.3 is 5.69 Å². The Morgan fingerprint density at radius 1 is 1.30 bits per heavy atom. The van der Waals surface area contributed by atoms with E-state index in [4.69, 9.17) is 11.1 Å². The fourth-order valence-electron chi connectivity index (χ4n) is 3.00. The number of H-pyrrole nitrogens is 1. The van der Waals surface area contributed by atoms with Crippen molar-refractivity contribution in [2.24, 2.45) is 5.73 Å². The Labute approximate surface area is 157 Å². The Hall–Kier alpha value is -3.13.